The summed E-state index contributed by atoms with van der Waals surface area (Å²) in [6.07, 6.45) is 10.8. The van der Waals surface area contributed by atoms with E-state index in [2.05, 4.69) is 12.2 Å². The van der Waals surface area contributed by atoms with Crippen molar-refractivity contribution < 1.29 is 5.11 Å². The number of hydrogen-bond acceptors (Lipinski definition) is 1. The molecule has 0 aromatic rings. The Morgan fingerprint density at radius 3 is 2.64 bits per heavy atom. The molecule has 2 aliphatic carbocycles. The first-order valence-corrected chi connectivity index (χ1v) is 4.63. The van der Waals surface area contributed by atoms with Gasteiger partial charge in [0.2, 0.25) is 0 Å². The molecule has 1 heteroatoms. The lowest BCUT2D eigenvalue weighted by Crippen LogP contribution is -2.20. The Labute approximate surface area is 68.1 Å². The van der Waals surface area contributed by atoms with Gasteiger partial charge in [0.25, 0.3) is 0 Å². The maximum atomic E-state index is 9.18. The zero-order chi connectivity index (χ0) is 7.73. The fourth-order valence-electron chi connectivity index (χ4n) is 2.21. The van der Waals surface area contributed by atoms with Crippen molar-refractivity contribution >= 4 is 0 Å². The molecule has 0 aromatic carbocycles. The van der Waals surface area contributed by atoms with Crippen LogP contribution in [-0.2, 0) is 0 Å². The highest BCUT2D eigenvalue weighted by Crippen LogP contribution is 2.55. The number of hydrogen-bond donors (Lipinski definition) is 1. The Hall–Kier alpha value is -0.300. The van der Waals surface area contributed by atoms with Crippen LogP contribution in [-0.4, -0.2) is 11.7 Å². The van der Waals surface area contributed by atoms with E-state index >= 15 is 0 Å². The number of aliphatic hydroxyl groups is 1. The molecular weight excluding hydrogens is 136 g/mol. The van der Waals surface area contributed by atoms with E-state index in [1.807, 2.05) is 0 Å². The second-order valence-corrected chi connectivity index (χ2v) is 4.00. The highest BCUT2D eigenvalue weighted by molar-refractivity contribution is 5.03. The van der Waals surface area contributed by atoms with Gasteiger partial charge in [0.05, 0.1) is 0 Å². The normalized spacial score (nSPS) is 33.7. The third-order valence-corrected chi connectivity index (χ3v) is 3.34. The average Bonchev–Trinajstić information content (AvgIpc) is 2.86. The molecule has 11 heavy (non-hydrogen) atoms. The van der Waals surface area contributed by atoms with E-state index in [9.17, 15) is 5.11 Å². The Morgan fingerprint density at radius 2 is 2.18 bits per heavy atom. The molecule has 2 rings (SSSR count). The van der Waals surface area contributed by atoms with Crippen LogP contribution in [0.2, 0.25) is 0 Å². The van der Waals surface area contributed by atoms with E-state index in [0.717, 1.165) is 5.92 Å². The van der Waals surface area contributed by atoms with Gasteiger partial charge in [-0.05, 0) is 43.4 Å². The van der Waals surface area contributed by atoms with Crippen molar-refractivity contribution in [3.05, 3.63) is 12.2 Å². The molecule has 0 amide bonds. The molecule has 0 heterocycles. The lowest BCUT2D eigenvalue weighted by Gasteiger charge is -2.25. The third kappa shape index (κ3) is 1.22. The van der Waals surface area contributed by atoms with Crippen molar-refractivity contribution in [2.24, 2.45) is 11.3 Å². The molecule has 1 N–H and O–H groups in total. The van der Waals surface area contributed by atoms with Crippen molar-refractivity contribution in [3.63, 3.8) is 0 Å². The second-order valence-electron chi connectivity index (χ2n) is 4.00. The topological polar surface area (TPSA) is 20.2 Å². The Balaban J connectivity index is 1.99. The highest BCUT2D eigenvalue weighted by Gasteiger charge is 2.47. The van der Waals surface area contributed by atoms with E-state index in [0.29, 0.717) is 12.0 Å². The molecule has 1 nitrogen and oxygen atoms in total. The first-order chi connectivity index (χ1) is 5.37. The van der Waals surface area contributed by atoms with E-state index in [1.54, 1.807) is 0 Å². The van der Waals surface area contributed by atoms with Crippen LogP contribution < -0.4 is 0 Å². The summed E-state index contributed by atoms with van der Waals surface area (Å²) in [4.78, 5) is 0. The van der Waals surface area contributed by atoms with Crippen LogP contribution >= 0.6 is 0 Å². The first-order valence-electron chi connectivity index (χ1n) is 4.63. The first kappa shape index (κ1) is 7.35. The van der Waals surface area contributed by atoms with Crippen molar-refractivity contribution in [2.45, 2.75) is 32.1 Å². The largest absolute Gasteiger partial charge is 0.396 e. The minimum Gasteiger partial charge on any atom is -0.396 e. The maximum absolute atomic E-state index is 9.18. The minimum atomic E-state index is 0.366. The summed E-state index contributed by atoms with van der Waals surface area (Å²) in [7, 11) is 0. The Morgan fingerprint density at radius 1 is 1.36 bits per heavy atom. The minimum absolute atomic E-state index is 0.366. The van der Waals surface area contributed by atoms with Crippen LogP contribution in [0.25, 0.3) is 0 Å². The fraction of sp³-hybridized carbons (Fsp3) is 0.800. The van der Waals surface area contributed by atoms with Gasteiger partial charge >= 0.3 is 0 Å². The fourth-order valence-corrected chi connectivity index (χ4v) is 2.21. The van der Waals surface area contributed by atoms with Gasteiger partial charge in [-0.15, -0.1) is 0 Å². The van der Waals surface area contributed by atoms with Crippen LogP contribution in [0.4, 0.5) is 0 Å². The number of aliphatic hydroxyl groups excluding tert-OH is 1. The summed E-state index contributed by atoms with van der Waals surface area (Å²) in [5, 5.41) is 9.18. The van der Waals surface area contributed by atoms with Crippen LogP contribution in [0.1, 0.15) is 32.1 Å². The van der Waals surface area contributed by atoms with Gasteiger partial charge in [0.15, 0.2) is 0 Å². The van der Waals surface area contributed by atoms with Gasteiger partial charge < -0.3 is 5.11 Å². The molecule has 1 fully saturated rings. The molecule has 0 saturated heterocycles. The monoisotopic (exact) mass is 152 g/mol. The molecule has 0 bridgehead atoms. The molecule has 2 aliphatic rings. The molecule has 1 saturated carbocycles. The van der Waals surface area contributed by atoms with Crippen molar-refractivity contribution in [1.29, 1.82) is 0 Å². The van der Waals surface area contributed by atoms with Crippen molar-refractivity contribution in [3.8, 4) is 0 Å². The average molecular weight is 152 g/mol. The summed E-state index contributed by atoms with van der Waals surface area (Å²) in [6.45, 7) is 0.422. The van der Waals surface area contributed by atoms with E-state index < -0.39 is 0 Å². The molecule has 0 aromatic heterocycles. The zero-order valence-corrected chi connectivity index (χ0v) is 6.92. The van der Waals surface area contributed by atoms with Gasteiger partial charge in [-0.25, -0.2) is 0 Å². The predicted molar refractivity (Wildman–Crippen MR) is 45.2 cm³/mol. The van der Waals surface area contributed by atoms with E-state index in [1.165, 1.54) is 32.1 Å². The smallest absolute Gasteiger partial charge is 0.0490 e. The molecule has 0 spiro atoms. The molecule has 0 radical (unpaired) electrons. The van der Waals surface area contributed by atoms with Crippen LogP contribution in [0.5, 0.6) is 0 Å². The number of rotatable bonds is 2. The number of allylic oxidation sites excluding steroid dienone is 2. The van der Waals surface area contributed by atoms with Gasteiger partial charge in [-0.3, -0.25) is 0 Å². The van der Waals surface area contributed by atoms with Crippen molar-refractivity contribution in [1.82, 2.24) is 0 Å². The molecule has 1 unspecified atom stereocenters. The van der Waals surface area contributed by atoms with Gasteiger partial charge in [0.1, 0.15) is 0 Å². The van der Waals surface area contributed by atoms with E-state index in [-0.39, 0.29) is 0 Å². The second kappa shape index (κ2) is 2.63. The molecule has 1 atom stereocenters. The van der Waals surface area contributed by atoms with Crippen LogP contribution in [0.15, 0.2) is 12.2 Å². The standard InChI is InChI=1S/C10H16O/c11-8-10(6-7-10)9-4-2-1-3-5-9/h1-2,9,11H,3-8H2. The van der Waals surface area contributed by atoms with Crippen molar-refractivity contribution in [2.75, 3.05) is 6.61 Å². The van der Waals surface area contributed by atoms with Crippen LogP contribution in [0, 0.1) is 11.3 Å². The summed E-state index contributed by atoms with van der Waals surface area (Å²) in [6, 6.07) is 0. The SMILES string of the molecule is OCC1(C2CC=CCC2)CC1. The van der Waals surface area contributed by atoms with Gasteiger partial charge in [-0.1, -0.05) is 12.2 Å². The maximum Gasteiger partial charge on any atom is 0.0490 e. The highest BCUT2D eigenvalue weighted by atomic mass is 16.3. The van der Waals surface area contributed by atoms with Gasteiger partial charge in [0, 0.05) is 6.61 Å². The predicted octanol–water partition coefficient (Wildman–Crippen LogP) is 2.12. The third-order valence-electron chi connectivity index (χ3n) is 3.34. The molecule has 62 valence electrons. The molecule has 0 aliphatic heterocycles. The summed E-state index contributed by atoms with van der Waals surface area (Å²) >= 11 is 0. The van der Waals surface area contributed by atoms with E-state index in [4.69, 9.17) is 0 Å². The Kier molecular flexibility index (Phi) is 1.76. The quantitative estimate of drug-likeness (QED) is 0.601. The zero-order valence-electron chi connectivity index (χ0n) is 6.92. The van der Waals surface area contributed by atoms with Crippen LogP contribution in [0.3, 0.4) is 0 Å². The lowest BCUT2D eigenvalue weighted by atomic mass is 9.81. The summed E-state index contributed by atoms with van der Waals surface area (Å²) < 4.78 is 0. The summed E-state index contributed by atoms with van der Waals surface area (Å²) in [5.74, 6) is 0.789. The van der Waals surface area contributed by atoms with Gasteiger partial charge in [-0.2, -0.15) is 0 Å². The lowest BCUT2D eigenvalue weighted by molar-refractivity contribution is 0.148. The summed E-state index contributed by atoms with van der Waals surface area (Å²) in [5.41, 5.74) is 0.366. The molecular formula is C10H16O. The Bertz CT molecular complexity index is 168.